The highest BCUT2D eigenvalue weighted by molar-refractivity contribution is 6.29. The van der Waals surface area contributed by atoms with Crippen LogP contribution in [0.3, 0.4) is 0 Å². The number of carbonyl (C=O) groups is 1. The quantitative estimate of drug-likeness (QED) is 0.821. The zero-order chi connectivity index (χ0) is 18.0. The average Bonchev–Trinajstić information content (AvgIpc) is 3.07. The van der Waals surface area contributed by atoms with Crippen LogP contribution in [0.4, 0.5) is 10.5 Å². The topological polar surface area (TPSA) is 84.2 Å². The van der Waals surface area contributed by atoms with Crippen molar-refractivity contribution in [3.63, 3.8) is 0 Å². The number of aromatic nitrogens is 3. The number of piperidine rings is 1. The molecule has 1 N–H and O–H groups in total. The smallest absolute Gasteiger partial charge is 0.322 e. The van der Waals surface area contributed by atoms with Crippen molar-refractivity contribution in [2.24, 2.45) is 0 Å². The molecule has 0 aliphatic carbocycles. The second kappa shape index (κ2) is 7.39. The van der Waals surface area contributed by atoms with E-state index in [2.05, 4.69) is 20.4 Å². The van der Waals surface area contributed by atoms with Gasteiger partial charge in [-0.3, -0.25) is 0 Å². The van der Waals surface area contributed by atoms with E-state index >= 15 is 0 Å². The Bertz CT molecular complexity index is 761. The van der Waals surface area contributed by atoms with Crippen LogP contribution in [0.2, 0.25) is 5.15 Å². The molecule has 1 fully saturated rings. The van der Waals surface area contributed by atoms with Crippen LogP contribution in [-0.4, -0.2) is 32.6 Å². The summed E-state index contributed by atoms with van der Waals surface area (Å²) in [5.74, 6) is 1.36. The predicted octanol–water partition coefficient (Wildman–Crippen LogP) is 4.31. The first-order chi connectivity index (χ1) is 12.0. The maximum atomic E-state index is 12.8. The van der Waals surface area contributed by atoms with E-state index < -0.39 is 0 Å². The Balaban J connectivity index is 1.78. The van der Waals surface area contributed by atoms with Gasteiger partial charge in [-0.05, 0) is 38.3 Å². The number of rotatable bonds is 3. The number of hydrogen-bond donors (Lipinski definition) is 1. The van der Waals surface area contributed by atoms with Gasteiger partial charge in [0.25, 0.3) is 0 Å². The van der Waals surface area contributed by atoms with Crippen molar-refractivity contribution in [2.45, 2.75) is 52.0 Å². The number of pyridine rings is 1. The first-order valence-corrected chi connectivity index (χ1v) is 8.87. The fraction of sp³-hybridized carbons (Fsp3) is 0.529. The Morgan fingerprint density at radius 3 is 2.84 bits per heavy atom. The summed E-state index contributed by atoms with van der Waals surface area (Å²) >= 11 is 5.87. The summed E-state index contributed by atoms with van der Waals surface area (Å²) in [6, 6.07) is 3.02. The Hall–Kier alpha value is -2.15. The zero-order valence-electron chi connectivity index (χ0n) is 14.6. The van der Waals surface area contributed by atoms with Gasteiger partial charge in [0.1, 0.15) is 11.2 Å². The molecule has 7 nitrogen and oxygen atoms in total. The van der Waals surface area contributed by atoms with E-state index in [4.69, 9.17) is 16.1 Å². The second-order valence-electron chi connectivity index (χ2n) is 6.55. The van der Waals surface area contributed by atoms with Crippen LogP contribution in [0.15, 0.2) is 16.7 Å². The number of nitrogens with zero attached hydrogens (tertiary/aromatic N) is 4. The van der Waals surface area contributed by atoms with Crippen LogP contribution < -0.4 is 5.32 Å². The van der Waals surface area contributed by atoms with Crippen molar-refractivity contribution in [1.82, 2.24) is 20.0 Å². The minimum absolute atomic E-state index is 0.186. The number of amides is 2. The molecule has 1 atom stereocenters. The molecule has 1 aliphatic rings. The maximum absolute atomic E-state index is 12.8. The van der Waals surface area contributed by atoms with Gasteiger partial charge in [-0.15, -0.1) is 0 Å². The molecule has 0 bridgehead atoms. The van der Waals surface area contributed by atoms with Crippen molar-refractivity contribution in [3.8, 4) is 0 Å². The number of likely N-dealkylation sites (tertiary alicyclic amines) is 1. The van der Waals surface area contributed by atoms with E-state index in [-0.39, 0.29) is 18.0 Å². The fourth-order valence-corrected chi connectivity index (χ4v) is 3.09. The van der Waals surface area contributed by atoms with Gasteiger partial charge >= 0.3 is 6.03 Å². The summed E-state index contributed by atoms with van der Waals surface area (Å²) in [7, 11) is 0. The molecule has 25 heavy (non-hydrogen) atoms. The minimum Gasteiger partial charge on any atom is -0.337 e. The molecular weight excluding hydrogens is 342 g/mol. The van der Waals surface area contributed by atoms with Crippen LogP contribution in [-0.2, 0) is 0 Å². The summed E-state index contributed by atoms with van der Waals surface area (Å²) in [6.45, 7) is 6.48. The molecule has 2 aromatic heterocycles. The van der Waals surface area contributed by atoms with E-state index in [1.165, 1.54) is 0 Å². The number of aryl methyl sites for hydroxylation is 1. The number of hydrogen-bond acceptors (Lipinski definition) is 5. The van der Waals surface area contributed by atoms with Crippen LogP contribution in [0, 0.1) is 6.92 Å². The monoisotopic (exact) mass is 363 g/mol. The molecular formula is C17H22ClN5O2. The first kappa shape index (κ1) is 17.7. The summed E-state index contributed by atoms with van der Waals surface area (Å²) in [6.07, 6.45) is 2.79. The van der Waals surface area contributed by atoms with E-state index in [1.807, 2.05) is 20.8 Å². The van der Waals surface area contributed by atoms with Gasteiger partial charge in [0, 0.05) is 12.5 Å². The summed E-state index contributed by atoms with van der Waals surface area (Å²) in [5.41, 5.74) is 1.32. The van der Waals surface area contributed by atoms with Crippen LogP contribution in [0.1, 0.15) is 62.5 Å². The molecule has 2 amide bonds. The third-order valence-corrected chi connectivity index (χ3v) is 4.53. The fourth-order valence-electron chi connectivity index (χ4n) is 2.90. The lowest BCUT2D eigenvalue weighted by molar-refractivity contribution is 0.142. The summed E-state index contributed by atoms with van der Waals surface area (Å²) < 4.78 is 5.42. The second-order valence-corrected chi connectivity index (χ2v) is 6.93. The Morgan fingerprint density at radius 2 is 2.16 bits per heavy atom. The van der Waals surface area contributed by atoms with Crippen molar-refractivity contribution in [2.75, 3.05) is 11.9 Å². The molecule has 2 aromatic rings. The number of nitrogens with one attached hydrogen (secondary N) is 1. The highest BCUT2D eigenvalue weighted by atomic mass is 35.5. The maximum Gasteiger partial charge on any atom is 0.322 e. The van der Waals surface area contributed by atoms with Gasteiger partial charge in [-0.1, -0.05) is 30.6 Å². The lowest BCUT2D eigenvalue weighted by Gasteiger charge is -2.33. The Labute approximate surface area is 151 Å². The van der Waals surface area contributed by atoms with Gasteiger partial charge in [0.15, 0.2) is 5.82 Å². The normalized spacial score (nSPS) is 17.8. The molecule has 0 aromatic carbocycles. The number of anilines is 1. The largest absolute Gasteiger partial charge is 0.337 e. The highest BCUT2D eigenvalue weighted by Crippen LogP contribution is 2.31. The number of urea groups is 1. The highest BCUT2D eigenvalue weighted by Gasteiger charge is 2.32. The number of halogens is 1. The van der Waals surface area contributed by atoms with Crippen molar-refractivity contribution in [3.05, 3.63) is 34.7 Å². The summed E-state index contributed by atoms with van der Waals surface area (Å²) in [4.78, 5) is 23.2. The van der Waals surface area contributed by atoms with Gasteiger partial charge in [0.2, 0.25) is 5.89 Å². The van der Waals surface area contributed by atoms with E-state index in [1.54, 1.807) is 17.0 Å². The SMILES string of the molecule is Cc1nc(Cl)ccc1NC(=O)N1CCCCC1c1nc(C(C)C)no1. The average molecular weight is 364 g/mol. The van der Waals surface area contributed by atoms with E-state index in [9.17, 15) is 4.79 Å². The molecule has 1 aliphatic heterocycles. The predicted molar refractivity (Wildman–Crippen MR) is 94.7 cm³/mol. The van der Waals surface area contributed by atoms with E-state index in [0.717, 1.165) is 19.3 Å². The molecule has 3 heterocycles. The number of carbonyl (C=O) groups excluding carboxylic acids is 1. The first-order valence-electron chi connectivity index (χ1n) is 8.50. The molecule has 8 heteroatoms. The Morgan fingerprint density at radius 1 is 1.36 bits per heavy atom. The van der Waals surface area contributed by atoms with Gasteiger partial charge < -0.3 is 14.7 Å². The molecule has 1 unspecified atom stereocenters. The Kier molecular flexibility index (Phi) is 5.22. The van der Waals surface area contributed by atoms with Crippen molar-refractivity contribution in [1.29, 1.82) is 0 Å². The zero-order valence-corrected chi connectivity index (χ0v) is 15.4. The molecule has 1 saturated heterocycles. The molecule has 0 saturated carbocycles. The van der Waals surface area contributed by atoms with Crippen molar-refractivity contribution < 1.29 is 9.32 Å². The molecule has 3 rings (SSSR count). The van der Waals surface area contributed by atoms with Gasteiger partial charge in [0.05, 0.1) is 11.4 Å². The lowest BCUT2D eigenvalue weighted by atomic mass is 10.0. The van der Waals surface area contributed by atoms with Crippen molar-refractivity contribution >= 4 is 23.3 Å². The van der Waals surface area contributed by atoms with Crippen LogP contribution >= 0.6 is 11.6 Å². The summed E-state index contributed by atoms with van der Waals surface area (Å²) in [5, 5.41) is 7.34. The van der Waals surface area contributed by atoms with Crippen LogP contribution in [0.5, 0.6) is 0 Å². The van der Waals surface area contributed by atoms with E-state index in [0.29, 0.717) is 34.8 Å². The molecule has 0 spiro atoms. The third kappa shape index (κ3) is 3.92. The van der Waals surface area contributed by atoms with Gasteiger partial charge in [-0.2, -0.15) is 4.98 Å². The standard InChI is InChI=1S/C17H22ClN5O2/c1-10(2)15-21-16(25-22-15)13-6-4-5-9-23(13)17(24)20-12-7-8-14(18)19-11(12)3/h7-8,10,13H,4-6,9H2,1-3H3,(H,20,24). The minimum atomic E-state index is -0.200. The lowest BCUT2D eigenvalue weighted by Crippen LogP contribution is -2.41. The molecule has 0 radical (unpaired) electrons. The van der Waals surface area contributed by atoms with Gasteiger partial charge in [-0.25, -0.2) is 9.78 Å². The third-order valence-electron chi connectivity index (χ3n) is 4.32. The molecule has 134 valence electrons. The van der Waals surface area contributed by atoms with Crippen LogP contribution in [0.25, 0.3) is 0 Å².